The molecule has 0 aliphatic rings. The molecule has 1 aromatic heterocycles. The van der Waals surface area contributed by atoms with Gasteiger partial charge in [-0.15, -0.1) is 11.3 Å². The van der Waals surface area contributed by atoms with Crippen LogP contribution in [0.5, 0.6) is 0 Å². The van der Waals surface area contributed by atoms with Crippen molar-refractivity contribution in [2.24, 2.45) is 11.5 Å². The van der Waals surface area contributed by atoms with Gasteiger partial charge < -0.3 is 16.4 Å². The number of thiazole rings is 1. The second kappa shape index (κ2) is 10.5. The van der Waals surface area contributed by atoms with Crippen LogP contribution in [-0.2, 0) is 16.4 Å². The maximum Gasteiger partial charge on any atom is 0.241 e. The molecule has 0 aliphatic heterocycles. The highest BCUT2D eigenvalue weighted by atomic mass is 32.2. The van der Waals surface area contributed by atoms with Gasteiger partial charge in [0.2, 0.25) is 10.0 Å². The number of sulfonamides is 1. The zero-order chi connectivity index (χ0) is 25.0. The van der Waals surface area contributed by atoms with Crippen molar-refractivity contribution in [1.29, 1.82) is 5.41 Å². The predicted octanol–water partition coefficient (Wildman–Crippen LogP) is 3.24. The lowest BCUT2D eigenvalue weighted by atomic mass is 10.0. The monoisotopic (exact) mass is 508 g/mol. The van der Waals surface area contributed by atoms with Gasteiger partial charge in [0.1, 0.15) is 10.8 Å². The molecule has 6 N–H and O–H groups in total. The topological polar surface area (TPSA) is 138 Å². The number of nitrogens with one attached hydrogen (secondary N) is 2. The maximum atomic E-state index is 13.5. The van der Waals surface area contributed by atoms with Gasteiger partial charge in [0.05, 0.1) is 21.2 Å². The lowest BCUT2D eigenvalue weighted by molar-refractivity contribution is 0.554. The quantitative estimate of drug-likeness (QED) is 0.192. The highest BCUT2D eigenvalue weighted by Crippen LogP contribution is 2.30. The van der Waals surface area contributed by atoms with E-state index in [1.165, 1.54) is 11.3 Å². The number of hydrogen-bond donors (Lipinski definition) is 4. The first-order valence-electron chi connectivity index (χ1n) is 11.1. The Hall–Kier alpha value is -3.31. The van der Waals surface area contributed by atoms with Crippen LogP contribution in [0, 0.1) is 5.41 Å². The first-order valence-corrected chi connectivity index (χ1v) is 13.4. The number of fused-ring (bicyclic) bond motifs is 1. The third-order valence-corrected chi connectivity index (χ3v) is 8.24. The molecule has 1 atom stereocenters. The zero-order valence-electron chi connectivity index (χ0n) is 19.3. The van der Waals surface area contributed by atoms with E-state index in [0.29, 0.717) is 30.1 Å². The van der Waals surface area contributed by atoms with Crippen LogP contribution in [0.4, 0.5) is 5.69 Å². The van der Waals surface area contributed by atoms with Crippen molar-refractivity contribution < 1.29 is 8.42 Å². The van der Waals surface area contributed by atoms with Gasteiger partial charge in [0.25, 0.3) is 0 Å². The molecule has 0 saturated heterocycles. The minimum absolute atomic E-state index is 0.0395. The largest absolute Gasteiger partial charge is 0.384 e. The number of nitrogen functional groups attached to an aromatic ring is 1. The Labute approximate surface area is 209 Å². The van der Waals surface area contributed by atoms with Gasteiger partial charge in [0, 0.05) is 31.4 Å². The van der Waals surface area contributed by atoms with Gasteiger partial charge in [-0.1, -0.05) is 36.4 Å². The van der Waals surface area contributed by atoms with Gasteiger partial charge in [-0.2, -0.15) is 0 Å². The van der Waals surface area contributed by atoms with Crippen LogP contribution < -0.4 is 21.1 Å². The van der Waals surface area contributed by atoms with Crippen LogP contribution in [0.15, 0.2) is 77.7 Å². The van der Waals surface area contributed by atoms with Crippen LogP contribution in [0.2, 0.25) is 0 Å². The van der Waals surface area contributed by atoms with Crippen molar-refractivity contribution in [3.63, 3.8) is 0 Å². The number of nitrogens with two attached hydrogens (primary N) is 2. The number of likely N-dealkylation sites (N-methyl/N-ethyl adjacent to an activating group) is 1. The molecule has 0 radical (unpaired) electrons. The normalized spacial score (nSPS) is 12.5. The Morgan fingerprint density at radius 2 is 1.89 bits per heavy atom. The van der Waals surface area contributed by atoms with Gasteiger partial charge >= 0.3 is 0 Å². The second-order valence-electron chi connectivity index (χ2n) is 8.22. The molecule has 0 fully saturated rings. The van der Waals surface area contributed by atoms with E-state index >= 15 is 0 Å². The Morgan fingerprint density at radius 3 is 2.63 bits per heavy atom. The molecule has 0 bridgehead atoms. The number of rotatable bonds is 10. The number of aromatic nitrogens is 1. The number of anilines is 1. The van der Waals surface area contributed by atoms with Crippen LogP contribution in [0.1, 0.15) is 22.2 Å². The summed E-state index contributed by atoms with van der Waals surface area (Å²) >= 11 is 1.46. The SMILES string of the molecule is CN(CCN)c1cccc(S(=O)(=O)NC(Cc2cccc(C(=N)N)c2)c2nc3ccccc3s2)c1. The zero-order valence-corrected chi connectivity index (χ0v) is 20.9. The Bertz CT molecular complexity index is 1420. The van der Waals surface area contributed by atoms with Crippen molar-refractivity contribution in [3.05, 3.63) is 88.9 Å². The summed E-state index contributed by atoms with van der Waals surface area (Å²) < 4.78 is 30.9. The van der Waals surface area contributed by atoms with E-state index in [1.54, 1.807) is 30.3 Å². The molecule has 4 aromatic rings. The predicted molar refractivity (Wildman–Crippen MR) is 143 cm³/mol. The highest BCUT2D eigenvalue weighted by Gasteiger charge is 2.25. The lowest BCUT2D eigenvalue weighted by Crippen LogP contribution is -2.30. The van der Waals surface area contributed by atoms with Crippen LogP contribution in [0.3, 0.4) is 0 Å². The molecule has 3 aromatic carbocycles. The molecule has 1 unspecified atom stereocenters. The molecular formula is C25H28N6O2S2. The molecule has 4 rings (SSSR count). The molecule has 8 nitrogen and oxygen atoms in total. The molecule has 1 heterocycles. The molecule has 0 spiro atoms. The number of nitrogens with zero attached hydrogens (tertiary/aromatic N) is 2. The number of para-hydroxylation sites is 1. The Kier molecular flexibility index (Phi) is 7.46. The van der Waals surface area contributed by atoms with Crippen molar-refractivity contribution in [1.82, 2.24) is 9.71 Å². The van der Waals surface area contributed by atoms with Crippen molar-refractivity contribution >= 4 is 43.1 Å². The molecular weight excluding hydrogens is 480 g/mol. The average molecular weight is 509 g/mol. The van der Waals surface area contributed by atoms with Gasteiger partial charge in [-0.25, -0.2) is 18.1 Å². The fourth-order valence-corrected chi connectivity index (χ4v) is 6.12. The summed E-state index contributed by atoms with van der Waals surface area (Å²) in [5.74, 6) is -0.0395. The molecule has 0 amide bonds. The fraction of sp³-hybridized carbons (Fsp3) is 0.200. The summed E-state index contributed by atoms with van der Waals surface area (Å²) in [6.07, 6.45) is 0.354. The summed E-state index contributed by atoms with van der Waals surface area (Å²) in [6, 6.07) is 21.2. The van der Waals surface area contributed by atoms with Crippen molar-refractivity contribution in [3.8, 4) is 0 Å². The van der Waals surface area contributed by atoms with Crippen LogP contribution >= 0.6 is 11.3 Å². The number of benzene rings is 3. The Balaban J connectivity index is 1.70. The van der Waals surface area contributed by atoms with Crippen molar-refractivity contribution in [2.75, 3.05) is 25.0 Å². The first kappa shape index (κ1) is 24.8. The average Bonchev–Trinajstić information content (AvgIpc) is 3.28. The van der Waals surface area contributed by atoms with E-state index in [9.17, 15) is 8.42 Å². The van der Waals surface area contributed by atoms with Crippen LogP contribution in [-0.4, -0.2) is 39.4 Å². The first-order chi connectivity index (χ1) is 16.8. The molecule has 0 saturated carbocycles. The third kappa shape index (κ3) is 5.85. The van der Waals surface area contributed by atoms with E-state index in [2.05, 4.69) is 4.72 Å². The lowest BCUT2D eigenvalue weighted by Gasteiger charge is -2.20. The molecule has 35 heavy (non-hydrogen) atoms. The fourth-order valence-electron chi connectivity index (χ4n) is 3.79. The molecule has 182 valence electrons. The number of amidine groups is 1. The Morgan fingerprint density at radius 1 is 1.11 bits per heavy atom. The minimum atomic E-state index is -3.87. The summed E-state index contributed by atoms with van der Waals surface area (Å²) in [4.78, 5) is 6.80. The van der Waals surface area contributed by atoms with E-state index in [4.69, 9.17) is 21.9 Å². The standard InChI is InChI=1S/C25H28N6O2S2/c1-31(13-12-26)19-8-5-9-20(16-19)35(32,33)30-22(15-17-6-4-7-18(14-17)24(27)28)25-29-21-10-2-3-11-23(21)34-25/h2-11,14,16,22,30H,12-13,15,26H2,1H3,(H3,27,28). The summed E-state index contributed by atoms with van der Waals surface area (Å²) in [6.45, 7) is 1.07. The van der Waals surface area contributed by atoms with Gasteiger partial charge in [0.15, 0.2) is 0 Å². The molecule has 10 heteroatoms. The van der Waals surface area contributed by atoms with Crippen molar-refractivity contribution in [2.45, 2.75) is 17.4 Å². The maximum absolute atomic E-state index is 13.5. The van der Waals surface area contributed by atoms with E-state index in [0.717, 1.165) is 21.5 Å². The smallest absolute Gasteiger partial charge is 0.241 e. The summed E-state index contributed by atoms with van der Waals surface area (Å²) in [5, 5.41) is 8.40. The van der Waals surface area contributed by atoms with Gasteiger partial charge in [-0.05, 0) is 48.4 Å². The third-order valence-electron chi connectivity index (χ3n) is 5.62. The van der Waals surface area contributed by atoms with Crippen LogP contribution in [0.25, 0.3) is 10.2 Å². The minimum Gasteiger partial charge on any atom is -0.384 e. The van der Waals surface area contributed by atoms with E-state index < -0.39 is 16.1 Å². The van der Waals surface area contributed by atoms with E-state index in [1.807, 2.05) is 54.4 Å². The highest BCUT2D eigenvalue weighted by molar-refractivity contribution is 7.89. The summed E-state index contributed by atoms with van der Waals surface area (Å²) in [5.41, 5.74) is 14.3. The van der Waals surface area contributed by atoms with E-state index in [-0.39, 0.29) is 10.7 Å². The van der Waals surface area contributed by atoms with Gasteiger partial charge in [-0.3, -0.25) is 5.41 Å². The molecule has 0 aliphatic carbocycles. The second-order valence-corrected chi connectivity index (χ2v) is 11.0. The number of hydrogen-bond acceptors (Lipinski definition) is 7. The summed E-state index contributed by atoms with van der Waals surface area (Å²) in [7, 11) is -2.00.